The number of carbonyl (C=O) groups is 1. The van der Waals surface area contributed by atoms with E-state index in [0.29, 0.717) is 13.0 Å². The lowest BCUT2D eigenvalue weighted by Crippen LogP contribution is -2.39. The number of furan rings is 1. The molecule has 0 saturated carbocycles. The number of rotatable bonds is 11. The van der Waals surface area contributed by atoms with Crippen LogP contribution >= 0.6 is 0 Å². The molecule has 1 aliphatic heterocycles. The van der Waals surface area contributed by atoms with E-state index in [1.165, 1.54) is 11.1 Å². The van der Waals surface area contributed by atoms with Gasteiger partial charge in [-0.05, 0) is 50.1 Å². The molecule has 2 aromatic rings. The second-order valence-electron chi connectivity index (χ2n) is 7.98. The van der Waals surface area contributed by atoms with Crippen LogP contribution in [-0.2, 0) is 24.4 Å². The molecule has 1 fully saturated rings. The van der Waals surface area contributed by atoms with Crippen molar-refractivity contribution in [2.75, 3.05) is 33.2 Å². The molecule has 1 aromatic heterocycles. The van der Waals surface area contributed by atoms with Gasteiger partial charge in [0.05, 0.1) is 19.4 Å². The molecular formula is C24H35N5O2. The Labute approximate surface area is 185 Å². The number of likely N-dealkylation sites (tertiary alicyclic amines) is 1. The van der Waals surface area contributed by atoms with Crippen LogP contribution in [0.1, 0.15) is 43.1 Å². The van der Waals surface area contributed by atoms with Gasteiger partial charge >= 0.3 is 0 Å². The molecule has 1 aliphatic rings. The third kappa shape index (κ3) is 7.43. The van der Waals surface area contributed by atoms with E-state index in [-0.39, 0.29) is 5.91 Å². The molecule has 0 atom stereocenters. The van der Waals surface area contributed by atoms with Crippen molar-refractivity contribution in [2.45, 2.75) is 45.8 Å². The molecule has 3 rings (SSSR count). The predicted octanol–water partition coefficient (Wildman–Crippen LogP) is 2.98. The van der Waals surface area contributed by atoms with Crippen molar-refractivity contribution in [3.63, 3.8) is 0 Å². The maximum absolute atomic E-state index is 11.7. The van der Waals surface area contributed by atoms with Crippen molar-refractivity contribution in [3.05, 3.63) is 59.5 Å². The number of aliphatic imine (C=N–C) groups is 1. The summed E-state index contributed by atoms with van der Waals surface area (Å²) < 4.78 is 5.46. The van der Waals surface area contributed by atoms with Crippen molar-refractivity contribution in [1.29, 1.82) is 0 Å². The van der Waals surface area contributed by atoms with Gasteiger partial charge in [-0.15, -0.1) is 0 Å². The van der Waals surface area contributed by atoms with E-state index in [1.54, 1.807) is 6.26 Å². The predicted molar refractivity (Wildman–Crippen MR) is 124 cm³/mol. The van der Waals surface area contributed by atoms with Crippen LogP contribution in [0.15, 0.2) is 52.1 Å². The number of benzene rings is 1. The molecule has 168 valence electrons. The highest BCUT2D eigenvalue weighted by Gasteiger charge is 2.18. The smallest absolute Gasteiger partial charge is 0.222 e. The Morgan fingerprint density at radius 1 is 1.16 bits per heavy atom. The van der Waals surface area contributed by atoms with Gasteiger partial charge in [-0.3, -0.25) is 9.69 Å². The molecule has 1 saturated heterocycles. The first-order chi connectivity index (χ1) is 15.2. The molecule has 0 bridgehead atoms. The second-order valence-corrected chi connectivity index (χ2v) is 7.98. The zero-order chi connectivity index (χ0) is 21.9. The first kappa shape index (κ1) is 22.9. The lowest BCUT2D eigenvalue weighted by atomic mass is 10.1. The number of amides is 1. The molecule has 1 aromatic carbocycles. The van der Waals surface area contributed by atoms with Crippen molar-refractivity contribution in [3.8, 4) is 0 Å². The minimum atomic E-state index is 0.286. The third-order valence-electron chi connectivity index (χ3n) is 5.38. The zero-order valence-corrected chi connectivity index (χ0v) is 18.8. The Kier molecular flexibility index (Phi) is 8.97. The van der Waals surface area contributed by atoms with Crippen molar-refractivity contribution in [2.24, 2.45) is 4.99 Å². The average molecular weight is 426 g/mol. The highest BCUT2D eigenvalue weighted by molar-refractivity contribution is 5.80. The summed E-state index contributed by atoms with van der Waals surface area (Å²) >= 11 is 0. The van der Waals surface area contributed by atoms with E-state index >= 15 is 0 Å². The fourth-order valence-electron chi connectivity index (χ4n) is 3.80. The number of guanidine groups is 1. The molecule has 0 aliphatic carbocycles. The largest absolute Gasteiger partial charge is 0.468 e. The van der Waals surface area contributed by atoms with Gasteiger partial charge < -0.3 is 20.0 Å². The summed E-state index contributed by atoms with van der Waals surface area (Å²) in [4.78, 5) is 20.7. The van der Waals surface area contributed by atoms with Crippen LogP contribution in [0.5, 0.6) is 0 Å². The Hall–Kier alpha value is -2.80. The van der Waals surface area contributed by atoms with E-state index in [2.05, 4.69) is 53.8 Å². The monoisotopic (exact) mass is 425 g/mol. The van der Waals surface area contributed by atoms with Crippen LogP contribution in [0.25, 0.3) is 0 Å². The highest BCUT2D eigenvalue weighted by Crippen LogP contribution is 2.14. The number of hydrogen-bond acceptors (Lipinski definition) is 4. The zero-order valence-electron chi connectivity index (χ0n) is 18.8. The number of nitrogens with one attached hydrogen (secondary N) is 2. The summed E-state index contributed by atoms with van der Waals surface area (Å²) in [6.07, 6.45) is 4.33. The summed E-state index contributed by atoms with van der Waals surface area (Å²) in [5.41, 5.74) is 2.48. The van der Waals surface area contributed by atoms with Gasteiger partial charge in [-0.25, -0.2) is 4.99 Å². The minimum absolute atomic E-state index is 0.286. The Balaban J connectivity index is 1.51. The third-order valence-corrected chi connectivity index (χ3v) is 5.38. The lowest BCUT2D eigenvalue weighted by Gasteiger charge is -2.18. The van der Waals surface area contributed by atoms with Gasteiger partial charge in [0, 0.05) is 39.1 Å². The van der Waals surface area contributed by atoms with E-state index in [1.807, 2.05) is 17.0 Å². The number of nitrogens with zero attached hydrogens (tertiary/aromatic N) is 3. The summed E-state index contributed by atoms with van der Waals surface area (Å²) in [5.74, 6) is 2.07. The molecule has 2 N–H and O–H groups in total. The summed E-state index contributed by atoms with van der Waals surface area (Å²) in [7, 11) is 2.10. The van der Waals surface area contributed by atoms with E-state index < -0.39 is 0 Å². The van der Waals surface area contributed by atoms with Crippen LogP contribution in [0.3, 0.4) is 0 Å². The van der Waals surface area contributed by atoms with Crippen molar-refractivity contribution >= 4 is 11.9 Å². The number of hydrogen-bond donors (Lipinski definition) is 2. The highest BCUT2D eigenvalue weighted by atomic mass is 16.3. The summed E-state index contributed by atoms with van der Waals surface area (Å²) in [6, 6.07) is 12.4. The van der Waals surface area contributed by atoms with Gasteiger partial charge in [0.2, 0.25) is 5.91 Å². The summed E-state index contributed by atoms with van der Waals surface area (Å²) in [5, 5.41) is 6.71. The van der Waals surface area contributed by atoms with Crippen molar-refractivity contribution < 1.29 is 9.21 Å². The Bertz CT molecular complexity index is 834. The molecule has 31 heavy (non-hydrogen) atoms. The van der Waals surface area contributed by atoms with Gasteiger partial charge in [-0.1, -0.05) is 24.3 Å². The maximum Gasteiger partial charge on any atom is 0.222 e. The van der Waals surface area contributed by atoms with Gasteiger partial charge in [0.15, 0.2) is 5.96 Å². The normalized spacial score (nSPS) is 14.5. The molecule has 2 heterocycles. The Morgan fingerprint density at radius 3 is 2.71 bits per heavy atom. The van der Waals surface area contributed by atoms with E-state index in [4.69, 9.17) is 9.41 Å². The quantitative estimate of drug-likeness (QED) is 0.329. The van der Waals surface area contributed by atoms with Gasteiger partial charge in [0.1, 0.15) is 5.76 Å². The van der Waals surface area contributed by atoms with Crippen LogP contribution in [0.4, 0.5) is 0 Å². The SMILES string of the molecule is CCNC(=NCc1ccccc1CN(C)Cc1ccco1)NCCCN1CCCC1=O. The lowest BCUT2D eigenvalue weighted by molar-refractivity contribution is -0.127. The van der Waals surface area contributed by atoms with Crippen LogP contribution in [-0.4, -0.2) is 54.9 Å². The molecule has 1 amide bonds. The molecular weight excluding hydrogens is 390 g/mol. The molecule has 7 nitrogen and oxygen atoms in total. The first-order valence-corrected chi connectivity index (χ1v) is 11.2. The molecule has 0 unspecified atom stereocenters. The first-order valence-electron chi connectivity index (χ1n) is 11.2. The van der Waals surface area contributed by atoms with Crippen LogP contribution in [0.2, 0.25) is 0 Å². The van der Waals surface area contributed by atoms with E-state index in [0.717, 1.165) is 63.8 Å². The topological polar surface area (TPSA) is 73.1 Å². The average Bonchev–Trinajstić information content (AvgIpc) is 3.42. The second kappa shape index (κ2) is 12.2. The Morgan fingerprint density at radius 2 is 2.00 bits per heavy atom. The van der Waals surface area contributed by atoms with Crippen LogP contribution in [0, 0.1) is 0 Å². The van der Waals surface area contributed by atoms with E-state index in [9.17, 15) is 4.79 Å². The standard InChI is InChI=1S/C24H35N5O2/c1-3-25-24(26-13-8-15-29-14-6-12-23(29)30)27-17-20-9-4-5-10-21(20)18-28(2)19-22-11-7-16-31-22/h4-5,7,9-11,16H,3,6,8,12-15,17-19H2,1-2H3,(H2,25,26,27). The van der Waals surface area contributed by atoms with Gasteiger partial charge in [-0.2, -0.15) is 0 Å². The molecule has 0 spiro atoms. The molecule has 0 radical (unpaired) electrons. The fourth-order valence-corrected chi connectivity index (χ4v) is 3.80. The minimum Gasteiger partial charge on any atom is -0.468 e. The number of carbonyl (C=O) groups excluding carboxylic acids is 1. The van der Waals surface area contributed by atoms with Crippen molar-refractivity contribution in [1.82, 2.24) is 20.4 Å². The van der Waals surface area contributed by atoms with Crippen LogP contribution < -0.4 is 10.6 Å². The van der Waals surface area contributed by atoms with Gasteiger partial charge in [0.25, 0.3) is 0 Å². The molecule has 7 heteroatoms. The fraction of sp³-hybridized carbons (Fsp3) is 0.500. The summed E-state index contributed by atoms with van der Waals surface area (Å²) in [6.45, 7) is 7.61. The maximum atomic E-state index is 11.7.